The van der Waals surface area contributed by atoms with Gasteiger partial charge in [0.15, 0.2) is 11.3 Å². The molecular formula is C25H27N3O6. The Bertz CT molecular complexity index is 1250. The van der Waals surface area contributed by atoms with Crippen LogP contribution in [-0.4, -0.2) is 50.7 Å². The zero-order chi connectivity index (χ0) is 24.1. The summed E-state index contributed by atoms with van der Waals surface area (Å²) in [4.78, 5) is 39.4. The molecule has 0 bridgehead atoms. The molecule has 0 unspecified atom stereocenters. The normalized spacial score (nSPS) is 14.0. The van der Waals surface area contributed by atoms with Gasteiger partial charge >= 0.3 is 11.7 Å². The molecule has 9 nitrogen and oxygen atoms in total. The lowest BCUT2D eigenvalue weighted by Crippen LogP contribution is -2.43. The first-order valence-corrected chi connectivity index (χ1v) is 11.1. The highest BCUT2D eigenvalue weighted by molar-refractivity contribution is 5.97. The highest BCUT2D eigenvalue weighted by atomic mass is 16.5. The minimum absolute atomic E-state index is 0.0469. The Balaban J connectivity index is 1.31. The molecule has 0 aliphatic carbocycles. The number of benzene rings is 2. The lowest BCUT2D eigenvalue weighted by atomic mass is 9.97. The molecule has 1 saturated heterocycles. The van der Waals surface area contributed by atoms with Crippen LogP contribution in [0.5, 0.6) is 11.5 Å². The Morgan fingerprint density at radius 3 is 2.47 bits per heavy atom. The van der Waals surface area contributed by atoms with Crippen LogP contribution in [-0.2, 0) is 0 Å². The van der Waals surface area contributed by atoms with Crippen LogP contribution in [0.1, 0.15) is 23.2 Å². The molecule has 0 atom stereocenters. The summed E-state index contributed by atoms with van der Waals surface area (Å²) in [7, 11) is 3.05. The van der Waals surface area contributed by atoms with Crippen LogP contribution in [0.3, 0.4) is 0 Å². The summed E-state index contributed by atoms with van der Waals surface area (Å²) in [6, 6.07) is 13.8. The highest BCUT2D eigenvalue weighted by Gasteiger charge is 2.24. The van der Waals surface area contributed by atoms with Gasteiger partial charge in [0.1, 0.15) is 11.3 Å². The van der Waals surface area contributed by atoms with Gasteiger partial charge in [-0.3, -0.25) is 4.79 Å². The molecule has 1 aromatic heterocycles. The van der Waals surface area contributed by atoms with E-state index in [2.05, 4.69) is 10.6 Å². The van der Waals surface area contributed by atoms with E-state index in [1.54, 1.807) is 42.3 Å². The topological polar surface area (TPSA) is 110 Å². The van der Waals surface area contributed by atoms with Gasteiger partial charge in [0, 0.05) is 25.0 Å². The van der Waals surface area contributed by atoms with Crippen LogP contribution in [0.2, 0.25) is 0 Å². The summed E-state index contributed by atoms with van der Waals surface area (Å²) in [5, 5.41) is 6.33. The molecule has 2 heterocycles. The molecule has 9 heteroatoms. The number of anilines is 1. The van der Waals surface area contributed by atoms with E-state index in [0.29, 0.717) is 47.8 Å². The van der Waals surface area contributed by atoms with Crippen LogP contribution < -0.4 is 25.7 Å². The number of methoxy groups -OCH3 is 2. The van der Waals surface area contributed by atoms with Crippen LogP contribution >= 0.6 is 0 Å². The van der Waals surface area contributed by atoms with Crippen molar-refractivity contribution in [3.05, 3.63) is 64.5 Å². The van der Waals surface area contributed by atoms with E-state index in [-0.39, 0.29) is 17.5 Å². The fourth-order valence-corrected chi connectivity index (χ4v) is 4.05. The Kier molecular flexibility index (Phi) is 7.01. The summed E-state index contributed by atoms with van der Waals surface area (Å²) >= 11 is 0. The molecule has 1 aliphatic rings. The van der Waals surface area contributed by atoms with Crippen molar-refractivity contribution >= 4 is 28.6 Å². The number of para-hydroxylation sites is 3. The van der Waals surface area contributed by atoms with E-state index in [1.165, 1.54) is 13.2 Å². The van der Waals surface area contributed by atoms with Crippen molar-refractivity contribution in [1.29, 1.82) is 0 Å². The second-order valence-electron chi connectivity index (χ2n) is 8.10. The molecule has 0 radical (unpaired) electrons. The number of hydrogen-bond donors (Lipinski definition) is 2. The van der Waals surface area contributed by atoms with Gasteiger partial charge in [0.05, 0.1) is 19.9 Å². The third-order valence-corrected chi connectivity index (χ3v) is 5.99. The lowest BCUT2D eigenvalue weighted by Gasteiger charge is -2.32. The number of likely N-dealkylation sites (tertiary alicyclic amines) is 1. The van der Waals surface area contributed by atoms with E-state index in [0.717, 1.165) is 12.8 Å². The molecular weight excluding hydrogens is 438 g/mol. The zero-order valence-electron chi connectivity index (χ0n) is 19.1. The molecule has 3 aromatic rings. The second-order valence-corrected chi connectivity index (χ2v) is 8.10. The number of ether oxygens (including phenoxy) is 2. The molecule has 2 aromatic carbocycles. The Hall–Kier alpha value is -4.01. The van der Waals surface area contributed by atoms with Crippen molar-refractivity contribution < 1.29 is 23.5 Å². The quantitative estimate of drug-likeness (QED) is 0.540. The van der Waals surface area contributed by atoms with Gasteiger partial charge in [0.25, 0.3) is 5.91 Å². The van der Waals surface area contributed by atoms with E-state index >= 15 is 0 Å². The van der Waals surface area contributed by atoms with Gasteiger partial charge < -0.3 is 29.4 Å². The number of nitrogens with one attached hydrogen (secondary N) is 2. The first-order chi connectivity index (χ1) is 16.5. The van der Waals surface area contributed by atoms with Gasteiger partial charge in [-0.1, -0.05) is 24.3 Å². The predicted octanol–water partition coefficient (Wildman–Crippen LogP) is 3.48. The summed E-state index contributed by atoms with van der Waals surface area (Å²) in [6.45, 7) is 1.55. The zero-order valence-corrected chi connectivity index (χ0v) is 19.1. The standard InChI is InChI=1S/C25H27N3O6/c1-32-20-8-4-3-7-19(20)27-25(31)28-12-10-16(11-13-28)15-26-23(29)18-14-17-6-5-9-21(33-2)22(17)34-24(18)30/h3-9,14,16H,10-13,15H2,1-2H3,(H,26,29)(H,27,31). The monoisotopic (exact) mass is 465 g/mol. The van der Waals surface area contributed by atoms with E-state index < -0.39 is 11.5 Å². The fourth-order valence-electron chi connectivity index (χ4n) is 4.05. The average Bonchev–Trinajstić information content (AvgIpc) is 2.87. The number of urea groups is 1. The minimum atomic E-state index is -0.711. The second kappa shape index (κ2) is 10.3. The average molecular weight is 466 g/mol. The molecule has 1 fully saturated rings. The van der Waals surface area contributed by atoms with Crippen LogP contribution in [0.4, 0.5) is 10.5 Å². The van der Waals surface area contributed by atoms with E-state index in [1.807, 2.05) is 12.1 Å². The third-order valence-electron chi connectivity index (χ3n) is 5.99. The van der Waals surface area contributed by atoms with Crippen molar-refractivity contribution in [3.63, 3.8) is 0 Å². The molecule has 2 N–H and O–H groups in total. The van der Waals surface area contributed by atoms with Gasteiger partial charge in [-0.05, 0) is 43.0 Å². The summed E-state index contributed by atoms with van der Waals surface area (Å²) in [6.07, 6.45) is 1.48. The van der Waals surface area contributed by atoms with Crippen molar-refractivity contribution in [3.8, 4) is 11.5 Å². The number of carbonyl (C=O) groups is 2. The van der Waals surface area contributed by atoms with Crippen LogP contribution in [0.25, 0.3) is 11.0 Å². The van der Waals surface area contributed by atoms with Crippen molar-refractivity contribution in [1.82, 2.24) is 10.2 Å². The molecule has 0 spiro atoms. The number of amides is 3. The van der Waals surface area contributed by atoms with Crippen molar-refractivity contribution in [2.45, 2.75) is 12.8 Å². The van der Waals surface area contributed by atoms with E-state index in [9.17, 15) is 14.4 Å². The molecule has 3 amide bonds. The van der Waals surface area contributed by atoms with Gasteiger partial charge in [0.2, 0.25) is 0 Å². The number of hydrogen-bond acceptors (Lipinski definition) is 6. The van der Waals surface area contributed by atoms with Gasteiger partial charge in [-0.2, -0.15) is 0 Å². The number of carbonyl (C=O) groups excluding carboxylic acids is 2. The number of fused-ring (bicyclic) bond motifs is 1. The molecule has 178 valence electrons. The van der Waals surface area contributed by atoms with Gasteiger partial charge in [-0.15, -0.1) is 0 Å². The van der Waals surface area contributed by atoms with Crippen molar-refractivity contribution in [2.24, 2.45) is 5.92 Å². The molecule has 1 aliphatic heterocycles. The van der Waals surface area contributed by atoms with E-state index in [4.69, 9.17) is 13.9 Å². The first kappa shape index (κ1) is 23.2. The smallest absolute Gasteiger partial charge is 0.349 e. The lowest BCUT2D eigenvalue weighted by molar-refractivity contribution is 0.0935. The number of piperidine rings is 1. The highest BCUT2D eigenvalue weighted by Crippen LogP contribution is 2.26. The largest absolute Gasteiger partial charge is 0.495 e. The molecule has 34 heavy (non-hydrogen) atoms. The Morgan fingerprint density at radius 1 is 1.03 bits per heavy atom. The number of rotatable bonds is 6. The number of nitrogens with zero attached hydrogens (tertiary/aromatic N) is 1. The maximum Gasteiger partial charge on any atom is 0.349 e. The fraction of sp³-hybridized carbons (Fsp3) is 0.320. The summed E-state index contributed by atoms with van der Waals surface area (Å²) < 4.78 is 15.8. The van der Waals surface area contributed by atoms with Gasteiger partial charge in [-0.25, -0.2) is 9.59 Å². The first-order valence-electron chi connectivity index (χ1n) is 11.1. The maximum atomic E-state index is 12.7. The Morgan fingerprint density at radius 2 is 1.74 bits per heavy atom. The minimum Gasteiger partial charge on any atom is -0.495 e. The molecule has 4 rings (SSSR count). The van der Waals surface area contributed by atoms with Crippen LogP contribution in [0.15, 0.2) is 57.7 Å². The van der Waals surface area contributed by atoms with Crippen molar-refractivity contribution in [2.75, 3.05) is 39.2 Å². The Labute approximate surface area is 196 Å². The summed E-state index contributed by atoms with van der Waals surface area (Å²) in [5.41, 5.74) is 0.174. The molecule has 0 saturated carbocycles. The predicted molar refractivity (Wildman–Crippen MR) is 128 cm³/mol. The SMILES string of the molecule is COc1ccccc1NC(=O)N1CCC(CNC(=O)c2cc3cccc(OC)c3oc2=O)CC1. The summed E-state index contributed by atoms with van der Waals surface area (Å²) in [5.74, 6) is 0.759. The maximum absolute atomic E-state index is 12.7. The van der Waals surface area contributed by atoms with Crippen LogP contribution in [0, 0.1) is 5.92 Å². The third kappa shape index (κ3) is 4.98.